The maximum Gasteiger partial charge on any atom is 0.328 e. The molecule has 1 amide bonds. The van der Waals surface area contributed by atoms with Crippen LogP contribution >= 0.6 is 0 Å². The number of nitrogens with one attached hydrogen (secondary N) is 3. The number of fused-ring (bicyclic) bond motifs is 4. The molecule has 10 heteroatoms. The number of anilines is 4. The van der Waals surface area contributed by atoms with Gasteiger partial charge in [0.05, 0.1) is 35.6 Å². The number of amides is 1. The quantitative estimate of drug-likeness (QED) is 0.475. The van der Waals surface area contributed by atoms with Gasteiger partial charge in [-0.1, -0.05) is 0 Å². The van der Waals surface area contributed by atoms with Gasteiger partial charge in [-0.3, -0.25) is 0 Å². The zero-order chi connectivity index (χ0) is 25.9. The highest BCUT2D eigenvalue weighted by molar-refractivity contribution is 5.94. The van der Waals surface area contributed by atoms with E-state index >= 15 is 0 Å². The van der Waals surface area contributed by atoms with Crippen LogP contribution in [0.4, 0.5) is 27.7 Å². The number of imidazole rings is 1. The normalized spacial score (nSPS) is 24.5. The van der Waals surface area contributed by atoms with Crippen LogP contribution in [0.15, 0.2) is 30.6 Å². The van der Waals surface area contributed by atoms with E-state index in [4.69, 9.17) is 14.5 Å². The summed E-state index contributed by atoms with van der Waals surface area (Å²) < 4.78 is 14.1. The summed E-state index contributed by atoms with van der Waals surface area (Å²) in [5.41, 5.74) is 4.47. The molecule has 1 saturated heterocycles. The molecule has 2 atom stereocenters. The number of benzene rings is 1. The zero-order valence-corrected chi connectivity index (χ0v) is 22.1. The summed E-state index contributed by atoms with van der Waals surface area (Å²) in [4.78, 5) is 24.7. The zero-order valence-electron chi connectivity index (χ0n) is 22.1. The van der Waals surface area contributed by atoms with Gasteiger partial charge in [0.1, 0.15) is 17.7 Å². The largest absolute Gasteiger partial charge is 0.386 e. The van der Waals surface area contributed by atoms with Crippen molar-refractivity contribution >= 4 is 40.1 Å². The average Bonchev–Trinajstić information content (AvgIpc) is 3.23. The molecule has 4 bridgehead atoms. The van der Waals surface area contributed by atoms with Crippen molar-refractivity contribution in [3.63, 3.8) is 0 Å². The molecule has 4 heterocycles. The van der Waals surface area contributed by atoms with Gasteiger partial charge in [0.15, 0.2) is 5.65 Å². The Bertz CT molecular complexity index is 1350. The van der Waals surface area contributed by atoms with Gasteiger partial charge in [-0.25, -0.2) is 19.3 Å². The van der Waals surface area contributed by atoms with E-state index in [-0.39, 0.29) is 29.4 Å². The second kappa shape index (κ2) is 8.59. The van der Waals surface area contributed by atoms with Crippen LogP contribution in [0.25, 0.3) is 11.2 Å². The lowest BCUT2D eigenvalue weighted by molar-refractivity contribution is -0.133. The Morgan fingerprint density at radius 2 is 1.86 bits per heavy atom. The van der Waals surface area contributed by atoms with E-state index in [1.54, 1.807) is 0 Å². The number of ether oxygens (including phenoxy) is 2. The summed E-state index contributed by atoms with van der Waals surface area (Å²) in [6, 6.07) is 8.08. The standard InChI is InChI=1S/C27H35N7O3/c1-26(2)13-33(14-27(3,4)37-26)18-9-16-8-17(10-18)30-22-11-20(28-5)23-24(32-22)34(15-29-23)25(35)31-19-6-7-21(19)36-12-16/h8-11,15,19,21H,6-7,12-14H2,1-5H3,(H,31,35)(H2,28,30,32)/t19-,21-/m1/s1. The Morgan fingerprint density at radius 1 is 1.08 bits per heavy atom. The second-order valence-electron chi connectivity index (χ2n) is 11.6. The average molecular weight is 506 g/mol. The molecule has 1 aromatic carbocycles. The highest BCUT2D eigenvalue weighted by Crippen LogP contribution is 2.35. The molecular formula is C27H35N7O3. The fourth-order valence-corrected chi connectivity index (χ4v) is 5.79. The van der Waals surface area contributed by atoms with Gasteiger partial charge in [-0.05, 0) is 64.3 Å². The lowest BCUT2D eigenvalue weighted by Gasteiger charge is -2.48. The minimum atomic E-state index is -0.275. The third-order valence-electron chi connectivity index (χ3n) is 7.29. The van der Waals surface area contributed by atoms with Crippen molar-refractivity contribution < 1.29 is 14.3 Å². The molecule has 2 aromatic heterocycles. The summed E-state index contributed by atoms with van der Waals surface area (Å²) in [7, 11) is 1.84. The van der Waals surface area contributed by atoms with Crippen molar-refractivity contribution in [3.05, 3.63) is 36.2 Å². The molecule has 1 saturated carbocycles. The van der Waals surface area contributed by atoms with Crippen LogP contribution in [0.3, 0.4) is 0 Å². The molecule has 2 fully saturated rings. The maximum absolute atomic E-state index is 13.1. The van der Waals surface area contributed by atoms with E-state index in [9.17, 15) is 4.79 Å². The number of morpholine rings is 1. The summed E-state index contributed by atoms with van der Waals surface area (Å²) in [5, 5.41) is 9.78. The number of hydrogen-bond donors (Lipinski definition) is 3. The molecule has 3 aliphatic rings. The Morgan fingerprint density at radius 3 is 2.57 bits per heavy atom. The van der Waals surface area contributed by atoms with Crippen LogP contribution in [-0.4, -0.2) is 64.1 Å². The number of hydrogen-bond acceptors (Lipinski definition) is 8. The monoisotopic (exact) mass is 505 g/mol. The predicted octanol–water partition coefficient (Wildman–Crippen LogP) is 4.23. The molecule has 2 aliphatic heterocycles. The molecule has 0 radical (unpaired) electrons. The summed E-state index contributed by atoms with van der Waals surface area (Å²) >= 11 is 0. The van der Waals surface area contributed by atoms with Gasteiger partial charge in [0, 0.05) is 37.6 Å². The molecule has 10 nitrogen and oxygen atoms in total. The van der Waals surface area contributed by atoms with Crippen LogP contribution in [0.5, 0.6) is 0 Å². The fourth-order valence-electron chi connectivity index (χ4n) is 5.79. The van der Waals surface area contributed by atoms with Crippen molar-refractivity contribution in [2.75, 3.05) is 35.7 Å². The van der Waals surface area contributed by atoms with Gasteiger partial charge in [-0.15, -0.1) is 0 Å². The van der Waals surface area contributed by atoms with E-state index in [2.05, 4.69) is 71.7 Å². The topological polar surface area (TPSA) is 106 Å². The number of nitrogens with zero attached hydrogens (tertiary/aromatic N) is 4. The van der Waals surface area contributed by atoms with Crippen LogP contribution in [-0.2, 0) is 16.1 Å². The Hall–Kier alpha value is -3.37. The van der Waals surface area contributed by atoms with E-state index in [0.29, 0.717) is 23.6 Å². The molecule has 0 spiro atoms. The Balaban J connectivity index is 1.44. The fraction of sp³-hybridized carbons (Fsp3) is 0.519. The van der Waals surface area contributed by atoms with Gasteiger partial charge >= 0.3 is 6.03 Å². The highest BCUT2D eigenvalue weighted by atomic mass is 16.5. The van der Waals surface area contributed by atoms with Crippen molar-refractivity contribution in [1.82, 2.24) is 19.9 Å². The van der Waals surface area contributed by atoms with Crippen LogP contribution in [0, 0.1) is 0 Å². The van der Waals surface area contributed by atoms with Crippen molar-refractivity contribution in [1.29, 1.82) is 0 Å². The first-order valence-electron chi connectivity index (χ1n) is 12.9. The molecule has 3 aromatic rings. The highest BCUT2D eigenvalue weighted by Gasteiger charge is 2.38. The van der Waals surface area contributed by atoms with Crippen LogP contribution in [0.2, 0.25) is 0 Å². The van der Waals surface area contributed by atoms with Gasteiger partial charge in [-0.2, -0.15) is 0 Å². The van der Waals surface area contributed by atoms with Crippen molar-refractivity contribution in [2.24, 2.45) is 0 Å². The first-order chi connectivity index (χ1) is 17.6. The number of carbonyl (C=O) groups excluding carboxylic acids is 1. The lowest BCUT2D eigenvalue weighted by Crippen LogP contribution is -2.57. The molecule has 6 rings (SSSR count). The second-order valence-corrected chi connectivity index (χ2v) is 11.6. The third-order valence-corrected chi connectivity index (χ3v) is 7.29. The maximum atomic E-state index is 13.1. The summed E-state index contributed by atoms with van der Waals surface area (Å²) in [5.74, 6) is 0.622. The van der Waals surface area contributed by atoms with Gasteiger partial charge < -0.3 is 30.3 Å². The molecule has 0 unspecified atom stereocenters. The third kappa shape index (κ3) is 4.59. The van der Waals surface area contributed by atoms with Crippen LogP contribution in [0.1, 0.15) is 46.1 Å². The smallest absolute Gasteiger partial charge is 0.328 e. The molecule has 3 N–H and O–H groups in total. The molecular weight excluding hydrogens is 470 g/mol. The number of carbonyl (C=O) groups is 1. The summed E-state index contributed by atoms with van der Waals surface area (Å²) in [6.45, 7) is 10.6. The van der Waals surface area contributed by atoms with Gasteiger partial charge in [0.2, 0.25) is 0 Å². The molecule has 196 valence electrons. The predicted molar refractivity (Wildman–Crippen MR) is 144 cm³/mol. The van der Waals surface area contributed by atoms with E-state index in [1.165, 1.54) is 10.9 Å². The minimum absolute atomic E-state index is 0.0283. The Kier molecular flexibility index (Phi) is 5.57. The molecule has 37 heavy (non-hydrogen) atoms. The first-order valence-corrected chi connectivity index (χ1v) is 12.9. The Labute approximate surface area is 216 Å². The lowest BCUT2D eigenvalue weighted by atomic mass is 9.89. The molecule has 1 aliphatic carbocycles. The SMILES string of the molecule is CNc1cc2nc3c1ncn3C(=O)N[C@@H]1CC[C@H]1OCc1cc(cc(N3CC(C)(C)OC(C)(C)C3)c1)N2. The number of aromatic nitrogens is 3. The number of rotatable bonds is 2. The van der Waals surface area contributed by atoms with E-state index in [1.807, 2.05) is 13.1 Å². The first kappa shape index (κ1) is 24.0. The van der Waals surface area contributed by atoms with Gasteiger partial charge in [0.25, 0.3) is 0 Å². The van der Waals surface area contributed by atoms with Crippen LogP contribution < -0.4 is 20.9 Å². The summed E-state index contributed by atoms with van der Waals surface area (Å²) in [6.07, 6.45) is 3.30. The number of pyridine rings is 1. The van der Waals surface area contributed by atoms with Crippen molar-refractivity contribution in [2.45, 2.75) is 70.5 Å². The van der Waals surface area contributed by atoms with E-state index in [0.717, 1.165) is 48.6 Å². The minimum Gasteiger partial charge on any atom is -0.386 e. The van der Waals surface area contributed by atoms with Crippen molar-refractivity contribution in [3.8, 4) is 0 Å². The van der Waals surface area contributed by atoms with E-state index < -0.39 is 0 Å².